The number of hydrazine groups is 1. The number of hydrogen-bond acceptors (Lipinski definition) is 9. The van der Waals surface area contributed by atoms with Crippen molar-refractivity contribution in [2.24, 2.45) is 23.7 Å². The number of fused-ring (bicyclic) bond motifs is 5. The third-order valence-corrected chi connectivity index (χ3v) is 12.7. The molecule has 57 heavy (non-hydrogen) atoms. The standard InChI is InChI=1S/C43H32Cl2N4O8/c1-57-27-13-10-23(11-14-27)43-33(40(52)48(42(43)54)46-35-18-12-24(44)19-34(35)45)21-32-29(37(43)31-15-9-22-5-2-3-8-28(22)38(31)50)16-17-30-36(32)41(53)47(39(30)51)25-6-4-7-26(20-25)49(55)56/h2-16,18-20,30,32-33,36-37,46,50H,17,21H2,1H3. The maximum atomic E-state index is 15.6. The van der Waals surface area contributed by atoms with Crippen molar-refractivity contribution in [3.05, 3.63) is 146 Å². The fourth-order valence-corrected chi connectivity index (χ4v) is 10.1. The lowest BCUT2D eigenvalue weighted by Crippen LogP contribution is -2.53. The summed E-state index contributed by atoms with van der Waals surface area (Å²) in [5, 5.41) is 26.6. The molecule has 9 rings (SSSR count). The molecule has 6 unspecified atom stereocenters. The van der Waals surface area contributed by atoms with Crippen LogP contribution in [0.15, 0.2) is 115 Å². The van der Waals surface area contributed by atoms with E-state index in [-0.39, 0.29) is 40.7 Å². The van der Waals surface area contributed by atoms with Gasteiger partial charge in [0.05, 0.1) is 51.6 Å². The van der Waals surface area contributed by atoms with Gasteiger partial charge in [0.2, 0.25) is 11.8 Å². The average molecular weight is 804 g/mol. The minimum atomic E-state index is -1.68. The van der Waals surface area contributed by atoms with Crippen LogP contribution in [0.5, 0.6) is 11.5 Å². The third-order valence-electron chi connectivity index (χ3n) is 12.1. The summed E-state index contributed by atoms with van der Waals surface area (Å²) in [5.74, 6) is -6.53. The number of nitrogens with zero attached hydrogens (tertiary/aromatic N) is 3. The van der Waals surface area contributed by atoms with E-state index in [1.54, 1.807) is 54.6 Å². The monoisotopic (exact) mass is 802 g/mol. The maximum absolute atomic E-state index is 15.6. The van der Waals surface area contributed by atoms with Gasteiger partial charge in [0, 0.05) is 34.0 Å². The molecule has 4 aliphatic rings. The number of hydrogen-bond donors (Lipinski definition) is 2. The Bertz CT molecular complexity index is 2610. The van der Waals surface area contributed by atoms with Gasteiger partial charge in [-0.05, 0) is 66.1 Å². The number of halogens is 2. The number of benzene rings is 5. The molecule has 0 bridgehead atoms. The molecule has 3 fully saturated rings. The zero-order valence-electron chi connectivity index (χ0n) is 30.1. The molecule has 14 heteroatoms. The van der Waals surface area contributed by atoms with Crippen molar-refractivity contribution in [3.63, 3.8) is 0 Å². The van der Waals surface area contributed by atoms with Crippen molar-refractivity contribution >= 4 is 74.7 Å². The van der Waals surface area contributed by atoms with Crippen molar-refractivity contribution in [3.8, 4) is 11.5 Å². The molecular weight excluding hydrogens is 771 g/mol. The highest BCUT2D eigenvalue weighted by molar-refractivity contribution is 6.36. The number of amides is 4. The second-order valence-corrected chi connectivity index (χ2v) is 15.6. The normalized spacial score (nSPS) is 25.2. The van der Waals surface area contributed by atoms with Gasteiger partial charge < -0.3 is 9.84 Å². The number of imide groups is 2. The number of methoxy groups -OCH3 is 1. The highest BCUT2D eigenvalue weighted by Crippen LogP contribution is 2.65. The van der Waals surface area contributed by atoms with Crippen molar-refractivity contribution in [2.75, 3.05) is 17.4 Å². The van der Waals surface area contributed by atoms with Crippen LogP contribution in [0.4, 0.5) is 17.1 Å². The third kappa shape index (κ3) is 5.34. The number of anilines is 2. The highest BCUT2D eigenvalue weighted by Gasteiger charge is 2.70. The summed E-state index contributed by atoms with van der Waals surface area (Å²) in [5.41, 5.74) is 2.79. The van der Waals surface area contributed by atoms with Gasteiger partial charge in [0.1, 0.15) is 11.5 Å². The molecule has 2 aliphatic carbocycles. The van der Waals surface area contributed by atoms with E-state index in [1.165, 1.54) is 37.4 Å². The molecule has 286 valence electrons. The molecule has 5 aromatic rings. The molecule has 2 N–H and O–H groups in total. The van der Waals surface area contributed by atoms with E-state index >= 15 is 9.59 Å². The molecular formula is C43H32Cl2N4O8. The number of ether oxygens (including phenoxy) is 1. The van der Waals surface area contributed by atoms with Gasteiger partial charge in [0.15, 0.2) is 0 Å². The van der Waals surface area contributed by atoms with Gasteiger partial charge in [-0.1, -0.05) is 89.4 Å². The van der Waals surface area contributed by atoms with Crippen molar-refractivity contribution in [1.82, 2.24) is 5.01 Å². The van der Waals surface area contributed by atoms with Crippen molar-refractivity contribution < 1.29 is 33.9 Å². The Balaban J connectivity index is 1.26. The average Bonchev–Trinajstić information content (AvgIpc) is 3.60. The molecule has 6 atom stereocenters. The largest absolute Gasteiger partial charge is 0.507 e. The highest BCUT2D eigenvalue weighted by atomic mass is 35.5. The quantitative estimate of drug-likeness (QED) is 0.0721. The van der Waals surface area contributed by atoms with Gasteiger partial charge in [-0.25, -0.2) is 4.90 Å². The Hall–Kier alpha value is -6.24. The number of carbonyl (C=O) groups excluding carboxylic acids is 4. The summed E-state index contributed by atoms with van der Waals surface area (Å²) in [4.78, 5) is 71.5. The minimum absolute atomic E-state index is 0.0111. The number of carbonyl (C=O) groups is 4. The van der Waals surface area contributed by atoms with E-state index in [0.29, 0.717) is 32.9 Å². The Labute approximate surface area is 335 Å². The van der Waals surface area contributed by atoms with Crippen LogP contribution in [0.25, 0.3) is 10.8 Å². The summed E-state index contributed by atoms with van der Waals surface area (Å²) in [6, 6.07) is 27.7. The van der Waals surface area contributed by atoms with Gasteiger partial charge in [-0.3, -0.25) is 34.7 Å². The fourth-order valence-electron chi connectivity index (χ4n) is 9.69. The summed E-state index contributed by atoms with van der Waals surface area (Å²) < 4.78 is 5.47. The van der Waals surface area contributed by atoms with Crippen LogP contribution in [0.1, 0.15) is 29.9 Å². The lowest BCUT2D eigenvalue weighted by atomic mass is 9.49. The Morgan fingerprint density at radius 2 is 1.65 bits per heavy atom. The van der Waals surface area contributed by atoms with Crippen LogP contribution in [0, 0.1) is 33.8 Å². The predicted molar refractivity (Wildman–Crippen MR) is 212 cm³/mol. The molecule has 12 nitrogen and oxygen atoms in total. The number of rotatable bonds is 7. The lowest BCUT2D eigenvalue weighted by Gasteiger charge is -2.50. The second kappa shape index (κ2) is 13.5. The molecule has 0 radical (unpaired) electrons. The first kappa shape index (κ1) is 36.4. The van der Waals surface area contributed by atoms with E-state index in [1.807, 2.05) is 24.3 Å². The number of allylic oxidation sites excluding steroid dienone is 2. The minimum Gasteiger partial charge on any atom is -0.507 e. The van der Waals surface area contributed by atoms with Crippen LogP contribution < -0.4 is 15.1 Å². The molecule has 0 aromatic heterocycles. The van der Waals surface area contributed by atoms with Gasteiger partial charge >= 0.3 is 0 Å². The fraction of sp³-hybridized carbons (Fsp3) is 0.209. The lowest BCUT2D eigenvalue weighted by molar-refractivity contribution is -0.384. The molecule has 1 saturated carbocycles. The molecule has 0 spiro atoms. The first-order chi connectivity index (χ1) is 27.4. The summed E-state index contributed by atoms with van der Waals surface area (Å²) >= 11 is 12.7. The van der Waals surface area contributed by atoms with Crippen LogP contribution in [-0.2, 0) is 24.6 Å². The van der Waals surface area contributed by atoms with Crippen LogP contribution >= 0.6 is 23.2 Å². The number of nitro benzene ring substituents is 1. The maximum Gasteiger partial charge on any atom is 0.271 e. The zero-order chi connectivity index (χ0) is 39.9. The van der Waals surface area contributed by atoms with Gasteiger partial charge in [-0.2, -0.15) is 5.01 Å². The first-order valence-electron chi connectivity index (χ1n) is 18.2. The van der Waals surface area contributed by atoms with Crippen LogP contribution in [-0.4, -0.2) is 45.8 Å². The Morgan fingerprint density at radius 1 is 0.877 bits per heavy atom. The molecule has 5 aromatic carbocycles. The number of phenolic OH excluding ortho intramolecular Hbond substituents is 1. The van der Waals surface area contributed by atoms with E-state index in [4.69, 9.17) is 27.9 Å². The smallest absolute Gasteiger partial charge is 0.271 e. The van der Waals surface area contributed by atoms with Crippen LogP contribution in [0.2, 0.25) is 10.0 Å². The zero-order valence-corrected chi connectivity index (χ0v) is 31.6. The number of aromatic hydroxyl groups is 1. The Morgan fingerprint density at radius 3 is 2.39 bits per heavy atom. The molecule has 4 amide bonds. The van der Waals surface area contributed by atoms with E-state index in [0.717, 1.165) is 15.3 Å². The van der Waals surface area contributed by atoms with E-state index in [2.05, 4.69) is 5.43 Å². The first-order valence-corrected chi connectivity index (χ1v) is 19.0. The summed E-state index contributed by atoms with van der Waals surface area (Å²) in [6.45, 7) is 0. The summed E-state index contributed by atoms with van der Waals surface area (Å²) in [6.07, 6.45) is 1.98. The number of nitrogens with one attached hydrogen (secondary N) is 1. The van der Waals surface area contributed by atoms with Crippen LogP contribution in [0.3, 0.4) is 0 Å². The van der Waals surface area contributed by atoms with Gasteiger partial charge in [0.25, 0.3) is 17.5 Å². The van der Waals surface area contributed by atoms with Crippen molar-refractivity contribution in [1.29, 1.82) is 0 Å². The van der Waals surface area contributed by atoms with E-state index in [9.17, 15) is 24.8 Å². The molecule has 2 saturated heterocycles. The molecule has 2 aliphatic heterocycles. The second-order valence-electron chi connectivity index (χ2n) is 14.7. The van der Waals surface area contributed by atoms with Gasteiger partial charge in [-0.15, -0.1) is 0 Å². The van der Waals surface area contributed by atoms with Crippen molar-refractivity contribution in [2.45, 2.75) is 24.2 Å². The Kier molecular flexibility index (Phi) is 8.59. The number of phenols is 1. The number of nitro groups is 1. The van der Waals surface area contributed by atoms with E-state index < -0.39 is 63.6 Å². The predicted octanol–water partition coefficient (Wildman–Crippen LogP) is 7.96. The summed E-state index contributed by atoms with van der Waals surface area (Å²) in [7, 11) is 1.52. The number of non-ortho nitro benzene ring substituents is 1. The molecule has 2 heterocycles. The SMILES string of the molecule is COc1ccc(C23C(=O)N(Nc4ccc(Cl)cc4Cl)C(=O)C2CC2C(=CCC4C(=O)N(c5cccc([N+](=O)[O-])c5)C(=O)C42)C3c2ccc3ccccc3c2O)cc1. The topological polar surface area (TPSA) is 159 Å².